The number of anilines is 1. The van der Waals surface area contributed by atoms with Crippen LogP contribution in [-0.4, -0.2) is 17.6 Å². The summed E-state index contributed by atoms with van der Waals surface area (Å²) in [5.74, 6) is -0.852. The average Bonchev–Trinajstić information content (AvgIpc) is 2.27. The summed E-state index contributed by atoms with van der Waals surface area (Å²) in [6, 6.07) is 2.40. The Morgan fingerprint density at radius 2 is 2.35 bits per heavy atom. The molecular formula is C10H9F2N3O2. The van der Waals surface area contributed by atoms with Crippen molar-refractivity contribution in [1.82, 2.24) is 4.98 Å². The van der Waals surface area contributed by atoms with Gasteiger partial charge in [-0.2, -0.15) is 5.26 Å². The smallest absolute Gasteiger partial charge is 0.343 e. The largest absolute Gasteiger partial charge is 0.462 e. The molecule has 0 aromatic carbocycles. The van der Waals surface area contributed by atoms with E-state index in [9.17, 15) is 13.6 Å². The summed E-state index contributed by atoms with van der Waals surface area (Å²) in [7, 11) is 0. The van der Waals surface area contributed by atoms with Gasteiger partial charge in [-0.25, -0.2) is 18.6 Å². The van der Waals surface area contributed by atoms with Crippen molar-refractivity contribution in [2.45, 2.75) is 13.3 Å². The summed E-state index contributed by atoms with van der Waals surface area (Å²) >= 11 is 0. The van der Waals surface area contributed by atoms with Crippen LogP contribution in [0.4, 0.5) is 14.5 Å². The van der Waals surface area contributed by atoms with Gasteiger partial charge < -0.3 is 10.5 Å². The fourth-order valence-corrected chi connectivity index (χ4v) is 1.20. The standard InChI is InChI=1S/C10H9F2N3O2/c1-2-17-10(16)8-5(14)3-6(9(11)12)15-7(8)4-13/h3,9H,2H2,1H3,(H2,14,15). The number of nitrogens with zero attached hydrogens (tertiary/aromatic N) is 2. The van der Waals surface area contributed by atoms with Crippen molar-refractivity contribution >= 4 is 11.7 Å². The Bertz CT molecular complexity index is 483. The highest BCUT2D eigenvalue weighted by Gasteiger charge is 2.21. The number of esters is 1. The van der Waals surface area contributed by atoms with Gasteiger partial charge in [0.1, 0.15) is 17.3 Å². The normalized spacial score (nSPS) is 10.1. The van der Waals surface area contributed by atoms with Gasteiger partial charge >= 0.3 is 5.97 Å². The van der Waals surface area contributed by atoms with E-state index in [1.165, 1.54) is 0 Å². The molecule has 17 heavy (non-hydrogen) atoms. The fourth-order valence-electron chi connectivity index (χ4n) is 1.20. The van der Waals surface area contributed by atoms with E-state index in [0.29, 0.717) is 0 Å². The van der Waals surface area contributed by atoms with Gasteiger partial charge in [-0.05, 0) is 13.0 Å². The van der Waals surface area contributed by atoms with Crippen LogP contribution in [0.25, 0.3) is 0 Å². The lowest BCUT2D eigenvalue weighted by Crippen LogP contribution is -2.13. The van der Waals surface area contributed by atoms with Crippen LogP contribution in [0.1, 0.15) is 35.1 Å². The Labute approximate surface area is 95.8 Å². The van der Waals surface area contributed by atoms with Crippen LogP contribution in [0.3, 0.4) is 0 Å². The van der Waals surface area contributed by atoms with E-state index >= 15 is 0 Å². The third-order valence-corrected chi connectivity index (χ3v) is 1.88. The van der Waals surface area contributed by atoms with E-state index in [1.54, 1.807) is 13.0 Å². The lowest BCUT2D eigenvalue weighted by molar-refractivity contribution is 0.0526. The number of pyridine rings is 1. The first kappa shape index (κ1) is 12.8. The molecule has 1 heterocycles. The maximum absolute atomic E-state index is 12.4. The second kappa shape index (κ2) is 5.21. The SMILES string of the molecule is CCOC(=O)c1c(N)cc(C(F)F)nc1C#N. The van der Waals surface area contributed by atoms with Crippen molar-refractivity contribution in [2.75, 3.05) is 12.3 Å². The molecule has 0 aliphatic rings. The van der Waals surface area contributed by atoms with Gasteiger partial charge in [0.2, 0.25) is 0 Å². The first-order valence-electron chi connectivity index (χ1n) is 4.67. The number of carbonyl (C=O) groups excluding carboxylic acids is 1. The minimum absolute atomic E-state index is 0.0831. The van der Waals surface area contributed by atoms with Gasteiger partial charge in [0.05, 0.1) is 12.3 Å². The number of ether oxygens (including phenoxy) is 1. The van der Waals surface area contributed by atoms with Gasteiger partial charge in [0.25, 0.3) is 6.43 Å². The molecular weight excluding hydrogens is 232 g/mol. The molecule has 7 heteroatoms. The molecule has 0 aliphatic heterocycles. The van der Waals surface area contributed by atoms with E-state index in [2.05, 4.69) is 9.72 Å². The molecule has 0 fully saturated rings. The molecule has 0 spiro atoms. The van der Waals surface area contributed by atoms with Crippen LogP contribution in [0.5, 0.6) is 0 Å². The number of carbonyl (C=O) groups is 1. The predicted octanol–water partition coefficient (Wildman–Crippen LogP) is 1.65. The molecule has 0 saturated carbocycles. The van der Waals surface area contributed by atoms with Gasteiger partial charge in [-0.15, -0.1) is 0 Å². The monoisotopic (exact) mass is 241 g/mol. The highest BCUT2D eigenvalue weighted by atomic mass is 19.3. The topological polar surface area (TPSA) is 89.0 Å². The zero-order chi connectivity index (χ0) is 13.0. The molecule has 0 atom stereocenters. The molecule has 1 aromatic heterocycles. The molecule has 0 aliphatic carbocycles. The van der Waals surface area contributed by atoms with E-state index in [1.807, 2.05) is 0 Å². The summed E-state index contributed by atoms with van der Waals surface area (Å²) in [5.41, 5.74) is 3.81. The van der Waals surface area contributed by atoms with Crippen molar-refractivity contribution < 1.29 is 18.3 Å². The van der Waals surface area contributed by atoms with Crippen molar-refractivity contribution in [1.29, 1.82) is 5.26 Å². The van der Waals surface area contributed by atoms with E-state index in [0.717, 1.165) is 6.07 Å². The number of rotatable bonds is 3. The van der Waals surface area contributed by atoms with Crippen LogP contribution in [0, 0.1) is 11.3 Å². The number of alkyl halides is 2. The summed E-state index contributed by atoms with van der Waals surface area (Å²) in [5, 5.41) is 8.75. The summed E-state index contributed by atoms with van der Waals surface area (Å²) in [6.45, 7) is 1.65. The Kier molecular flexibility index (Phi) is 3.93. The number of nitriles is 1. The molecule has 0 amide bonds. The summed E-state index contributed by atoms with van der Waals surface area (Å²) in [6.07, 6.45) is -2.86. The molecule has 1 rings (SSSR count). The van der Waals surface area contributed by atoms with E-state index in [4.69, 9.17) is 11.0 Å². The minimum Gasteiger partial charge on any atom is -0.462 e. The molecule has 2 N–H and O–H groups in total. The predicted molar refractivity (Wildman–Crippen MR) is 54.3 cm³/mol. The highest BCUT2D eigenvalue weighted by molar-refractivity contribution is 5.97. The van der Waals surface area contributed by atoms with E-state index < -0.39 is 23.8 Å². The highest BCUT2D eigenvalue weighted by Crippen LogP contribution is 2.24. The van der Waals surface area contributed by atoms with Crippen molar-refractivity contribution in [3.8, 4) is 6.07 Å². The second-order valence-electron chi connectivity index (χ2n) is 2.99. The molecule has 0 radical (unpaired) electrons. The molecule has 0 unspecified atom stereocenters. The third kappa shape index (κ3) is 2.66. The number of nitrogen functional groups attached to an aromatic ring is 1. The Morgan fingerprint density at radius 1 is 1.71 bits per heavy atom. The van der Waals surface area contributed by atoms with Gasteiger partial charge in [0.15, 0.2) is 5.69 Å². The first-order valence-corrected chi connectivity index (χ1v) is 4.67. The first-order chi connectivity index (χ1) is 8.01. The number of nitrogens with two attached hydrogens (primary N) is 1. The lowest BCUT2D eigenvalue weighted by atomic mass is 10.1. The van der Waals surface area contributed by atoms with Crippen molar-refractivity contribution in [3.05, 3.63) is 23.0 Å². The van der Waals surface area contributed by atoms with Crippen molar-refractivity contribution in [2.24, 2.45) is 0 Å². The van der Waals surface area contributed by atoms with Crippen LogP contribution in [0.2, 0.25) is 0 Å². The Hall–Kier alpha value is -2.23. The van der Waals surface area contributed by atoms with Crippen LogP contribution in [0.15, 0.2) is 6.07 Å². The average molecular weight is 241 g/mol. The second-order valence-corrected chi connectivity index (χ2v) is 2.99. The molecule has 0 saturated heterocycles. The molecule has 0 bridgehead atoms. The number of hydrogen-bond donors (Lipinski definition) is 1. The maximum Gasteiger partial charge on any atom is 0.343 e. The van der Waals surface area contributed by atoms with Crippen LogP contribution in [-0.2, 0) is 4.74 Å². The molecule has 1 aromatic rings. The fraction of sp³-hybridized carbons (Fsp3) is 0.300. The maximum atomic E-state index is 12.4. The lowest BCUT2D eigenvalue weighted by Gasteiger charge is -2.08. The Morgan fingerprint density at radius 3 is 2.82 bits per heavy atom. The number of hydrogen-bond acceptors (Lipinski definition) is 5. The zero-order valence-electron chi connectivity index (χ0n) is 8.91. The third-order valence-electron chi connectivity index (χ3n) is 1.88. The number of halogens is 2. The quantitative estimate of drug-likeness (QED) is 0.812. The van der Waals surface area contributed by atoms with Gasteiger partial charge in [-0.3, -0.25) is 0 Å². The zero-order valence-corrected chi connectivity index (χ0v) is 8.91. The van der Waals surface area contributed by atoms with E-state index in [-0.39, 0.29) is 17.9 Å². The Balaban J connectivity index is 3.32. The van der Waals surface area contributed by atoms with Crippen LogP contribution >= 0.6 is 0 Å². The molecule has 90 valence electrons. The number of aromatic nitrogens is 1. The summed E-state index contributed by atoms with van der Waals surface area (Å²) < 4.78 is 29.5. The van der Waals surface area contributed by atoms with Gasteiger partial charge in [-0.1, -0.05) is 0 Å². The molecule has 5 nitrogen and oxygen atoms in total. The van der Waals surface area contributed by atoms with Crippen LogP contribution < -0.4 is 5.73 Å². The summed E-state index contributed by atoms with van der Waals surface area (Å²) in [4.78, 5) is 14.8. The van der Waals surface area contributed by atoms with Crippen molar-refractivity contribution in [3.63, 3.8) is 0 Å². The van der Waals surface area contributed by atoms with Gasteiger partial charge in [0, 0.05) is 0 Å². The minimum atomic E-state index is -2.86.